The highest BCUT2D eigenvalue weighted by atomic mass is 19.1. The van der Waals surface area contributed by atoms with Crippen LogP contribution in [-0.2, 0) is 6.42 Å². The van der Waals surface area contributed by atoms with Crippen molar-refractivity contribution < 1.29 is 4.39 Å². The van der Waals surface area contributed by atoms with Gasteiger partial charge in [0.1, 0.15) is 11.5 Å². The molecule has 0 spiro atoms. The lowest BCUT2D eigenvalue weighted by Gasteiger charge is -2.13. The molecule has 4 aromatic heterocycles. The summed E-state index contributed by atoms with van der Waals surface area (Å²) in [6.07, 6.45) is 8.31. The van der Waals surface area contributed by atoms with Crippen LogP contribution in [0.15, 0.2) is 73.3 Å². The third kappa shape index (κ3) is 4.98. The van der Waals surface area contributed by atoms with E-state index in [0.717, 1.165) is 80.6 Å². The molecule has 4 heterocycles. The van der Waals surface area contributed by atoms with Gasteiger partial charge in [-0.3, -0.25) is 15.1 Å². The van der Waals surface area contributed by atoms with Crippen molar-refractivity contribution in [2.24, 2.45) is 0 Å². The maximum Gasteiger partial charge on any atom is 0.125 e. The molecule has 6 aromatic rings. The number of nitrogens with zero attached hydrogens (tertiary/aromatic N) is 4. The maximum absolute atomic E-state index is 14.6. The lowest BCUT2D eigenvalue weighted by Crippen LogP contribution is -2.20. The molecule has 0 aliphatic rings. The van der Waals surface area contributed by atoms with E-state index in [9.17, 15) is 4.39 Å². The van der Waals surface area contributed by atoms with Gasteiger partial charge in [-0.05, 0) is 79.7 Å². The van der Waals surface area contributed by atoms with Gasteiger partial charge in [0.2, 0.25) is 0 Å². The van der Waals surface area contributed by atoms with Crippen LogP contribution in [0.2, 0.25) is 0 Å². The van der Waals surface area contributed by atoms with Crippen molar-refractivity contribution in [1.82, 2.24) is 30.0 Å². The number of likely N-dealkylation sites (N-methyl/N-ethyl adjacent to an activating group) is 1. The summed E-state index contributed by atoms with van der Waals surface area (Å²) in [5.74, 6) is -0.292. The lowest BCUT2D eigenvalue weighted by molar-refractivity contribution is 0.425. The molecule has 8 heteroatoms. The van der Waals surface area contributed by atoms with Gasteiger partial charge in [0.25, 0.3) is 0 Å². The fourth-order valence-corrected chi connectivity index (χ4v) is 4.92. The predicted molar refractivity (Wildman–Crippen MR) is 156 cm³/mol. The third-order valence-corrected chi connectivity index (χ3v) is 7.00. The lowest BCUT2D eigenvalue weighted by atomic mass is 10.0. The summed E-state index contributed by atoms with van der Waals surface area (Å²) >= 11 is 0. The number of halogens is 1. The zero-order valence-corrected chi connectivity index (χ0v) is 22.2. The molecule has 0 fully saturated rings. The van der Waals surface area contributed by atoms with Crippen molar-refractivity contribution in [3.05, 3.63) is 84.7 Å². The summed E-state index contributed by atoms with van der Waals surface area (Å²) in [6.45, 7) is 3.70. The number of benzene rings is 2. The number of aromatic amines is 2. The van der Waals surface area contributed by atoms with Crippen LogP contribution in [0, 0.1) is 5.82 Å². The highest BCUT2D eigenvalue weighted by Crippen LogP contribution is 2.35. The molecule has 39 heavy (non-hydrogen) atoms. The minimum atomic E-state index is -0.292. The number of aromatic nitrogens is 5. The first kappa shape index (κ1) is 24.8. The third-order valence-electron chi connectivity index (χ3n) is 7.00. The second-order valence-electron chi connectivity index (χ2n) is 10.1. The van der Waals surface area contributed by atoms with E-state index in [1.165, 1.54) is 11.6 Å². The number of aryl methyl sites for hydroxylation is 1. The molecule has 0 amide bonds. The van der Waals surface area contributed by atoms with Crippen molar-refractivity contribution in [3.8, 4) is 33.6 Å². The number of rotatable bonds is 8. The average Bonchev–Trinajstić information content (AvgIpc) is 3.56. The van der Waals surface area contributed by atoms with Crippen molar-refractivity contribution >= 4 is 27.5 Å². The van der Waals surface area contributed by atoms with Gasteiger partial charge in [0, 0.05) is 59.3 Å². The summed E-state index contributed by atoms with van der Waals surface area (Å²) in [7, 11) is 4.03. The Kier molecular flexibility index (Phi) is 6.54. The highest BCUT2D eigenvalue weighted by Gasteiger charge is 2.15. The normalized spacial score (nSPS) is 11.6. The van der Waals surface area contributed by atoms with Gasteiger partial charge in [0.15, 0.2) is 0 Å². The topological polar surface area (TPSA) is 85.5 Å². The Morgan fingerprint density at radius 3 is 2.56 bits per heavy atom. The molecular weight excluding hydrogens is 489 g/mol. The monoisotopic (exact) mass is 519 g/mol. The molecule has 0 saturated carbocycles. The van der Waals surface area contributed by atoms with Crippen molar-refractivity contribution in [2.45, 2.75) is 13.3 Å². The van der Waals surface area contributed by atoms with E-state index >= 15 is 0 Å². The van der Waals surface area contributed by atoms with Crippen molar-refractivity contribution in [3.63, 3.8) is 0 Å². The Morgan fingerprint density at radius 1 is 0.846 bits per heavy atom. The summed E-state index contributed by atoms with van der Waals surface area (Å²) in [6, 6.07) is 15.6. The molecule has 0 aliphatic carbocycles. The summed E-state index contributed by atoms with van der Waals surface area (Å²) < 4.78 is 14.6. The zero-order valence-electron chi connectivity index (χ0n) is 22.2. The molecule has 0 unspecified atom stereocenters. The molecule has 7 nitrogen and oxygen atoms in total. The number of nitrogens with one attached hydrogen (secondary N) is 3. The van der Waals surface area contributed by atoms with Gasteiger partial charge in [0.05, 0.1) is 22.9 Å². The van der Waals surface area contributed by atoms with Gasteiger partial charge < -0.3 is 15.2 Å². The van der Waals surface area contributed by atoms with Crippen LogP contribution in [-0.4, -0.2) is 57.2 Å². The van der Waals surface area contributed by atoms with Gasteiger partial charge in [-0.15, -0.1) is 0 Å². The van der Waals surface area contributed by atoms with E-state index in [-0.39, 0.29) is 5.82 Å². The zero-order chi connectivity index (χ0) is 26.9. The summed E-state index contributed by atoms with van der Waals surface area (Å²) in [4.78, 5) is 14.4. The molecule has 6 rings (SSSR count). The largest absolute Gasteiger partial charge is 0.384 e. The second-order valence-corrected chi connectivity index (χ2v) is 10.1. The molecule has 0 aliphatic heterocycles. The van der Waals surface area contributed by atoms with Gasteiger partial charge in [-0.25, -0.2) is 4.39 Å². The number of hydrogen-bond acceptors (Lipinski definition) is 5. The fraction of sp³-hybridized carbons (Fsp3) is 0.194. The van der Waals surface area contributed by atoms with Crippen molar-refractivity contribution in [1.29, 1.82) is 0 Å². The average molecular weight is 520 g/mol. The van der Waals surface area contributed by atoms with Crippen LogP contribution < -0.4 is 5.32 Å². The van der Waals surface area contributed by atoms with E-state index in [1.54, 1.807) is 18.5 Å². The van der Waals surface area contributed by atoms with Gasteiger partial charge in [-0.1, -0.05) is 13.0 Å². The Labute approximate surface area is 226 Å². The number of fused-ring (bicyclic) bond motifs is 2. The van der Waals surface area contributed by atoms with Crippen molar-refractivity contribution in [2.75, 3.05) is 32.5 Å². The summed E-state index contributed by atoms with van der Waals surface area (Å²) in [5, 5.41) is 13.1. The first-order valence-corrected chi connectivity index (χ1v) is 13.1. The molecule has 3 N–H and O–H groups in total. The van der Waals surface area contributed by atoms with E-state index in [1.807, 2.05) is 38.6 Å². The quantitative estimate of drug-likeness (QED) is 0.213. The van der Waals surface area contributed by atoms with Gasteiger partial charge in [-0.2, -0.15) is 5.10 Å². The van der Waals surface area contributed by atoms with Crippen LogP contribution in [0.5, 0.6) is 0 Å². The second kappa shape index (κ2) is 10.3. The van der Waals surface area contributed by atoms with Crippen LogP contribution in [0.3, 0.4) is 0 Å². The minimum absolute atomic E-state index is 0.292. The standard InChI is InChI=1S/C31H30FN7/c1-4-19-9-22(16-33-15-19)20-5-6-28-26(12-20)31(38-37-28)29-14-25-27(17-34-18-30(25)36-29)21-10-23(32)13-24(11-21)35-7-8-39(2)3/h5-6,9-18,35-36H,4,7-8H2,1-3H3,(H,37,38). The Hall–Kier alpha value is -4.56. The number of anilines is 1. The van der Waals surface area contributed by atoms with Crippen LogP contribution in [0.25, 0.3) is 55.4 Å². The minimum Gasteiger partial charge on any atom is -0.384 e. The molecule has 0 radical (unpaired) electrons. The molecular formula is C31H30FN7. The Balaban J connectivity index is 1.40. The molecule has 2 aromatic carbocycles. The Bertz CT molecular complexity index is 1780. The molecule has 0 saturated heterocycles. The smallest absolute Gasteiger partial charge is 0.125 e. The van der Waals surface area contributed by atoms with E-state index < -0.39 is 0 Å². The molecule has 196 valence electrons. The number of hydrogen-bond donors (Lipinski definition) is 3. The predicted octanol–water partition coefficient (Wildman–Crippen LogP) is 6.51. The SMILES string of the molecule is CCc1cncc(-c2ccc3[nH]nc(-c4cc5c(-c6cc(F)cc(NCCN(C)C)c6)cncc5[nH]4)c3c2)c1. The molecule has 0 bridgehead atoms. The van der Waals surface area contributed by atoms with E-state index in [2.05, 4.69) is 66.6 Å². The number of H-pyrrole nitrogens is 2. The van der Waals surface area contributed by atoms with Crippen LogP contribution >= 0.6 is 0 Å². The first-order valence-electron chi connectivity index (χ1n) is 13.1. The maximum atomic E-state index is 14.6. The first-order chi connectivity index (χ1) is 19.0. The molecule has 0 atom stereocenters. The number of pyridine rings is 2. The Morgan fingerprint density at radius 2 is 1.72 bits per heavy atom. The van der Waals surface area contributed by atoms with Crippen LogP contribution in [0.4, 0.5) is 10.1 Å². The van der Waals surface area contributed by atoms with E-state index in [0.29, 0.717) is 0 Å². The van der Waals surface area contributed by atoms with E-state index in [4.69, 9.17) is 0 Å². The van der Waals surface area contributed by atoms with Gasteiger partial charge >= 0.3 is 0 Å². The van der Waals surface area contributed by atoms with Crippen LogP contribution in [0.1, 0.15) is 12.5 Å². The highest BCUT2D eigenvalue weighted by molar-refractivity contribution is 6.01. The summed E-state index contributed by atoms with van der Waals surface area (Å²) in [5.41, 5.74) is 9.22. The fourth-order valence-electron chi connectivity index (χ4n) is 4.92.